The fourth-order valence-electron chi connectivity index (χ4n) is 5.27. The first-order valence-corrected chi connectivity index (χ1v) is 12.7. The molecule has 3 fully saturated rings. The van der Waals surface area contributed by atoms with Gasteiger partial charge in [-0.25, -0.2) is 4.79 Å². The van der Waals surface area contributed by atoms with Gasteiger partial charge in [0.2, 0.25) is 0 Å². The monoisotopic (exact) mass is 492 g/mol. The minimum Gasteiger partial charge on any atom is -0.496 e. The highest BCUT2D eigenvalue weighted by atomic mass is 35.5. The maximum Gasteiger partial charge on any atom is 0.320 e. The second kappa shape index (κ2) is 11.0. The molecule has 0 radical (unpaired) electrons. The molecule has 0 aliphatic carbocycles. The summed E-state index contributed by atoms with van der Waals surface area (Å²) >= 11 is 6.11. The van der Waals surface area contributed by atoms with Crippen LogP contribution in [-0.4, -0.2) is 91.6 Å². The predicted octanol–water partition coefficient (Wildman–Crippen LogP) is 1.99. The number of hydrogen-bond acceptors (Lipinski definition) is 6. The average molecular weight is 493 g/mol. The number of nitrogen functional groups attached to an aromatic ring is 1. The number of methoxy groups -OCH3 is 1. The molecule has 1 atom stereocenters. The van der Waals surface area contributed by atoms with Crippen molar-refractivity contribution in [3.63, 3.8) is 0 Å². The molecule has 0 saturated carbocycles. The molecule has 34 heavy (non-hydrogen) atoms. The smallest absolute Gasteiger partial charge is 0.320 e. The van der Waals surface area contributed by atoms with Crippen molar-refractivity contribution in [3.05, 3.63) is 22.7 Å². The van der Waals surface area contributed by atoms with Crippen LogP contribution in [-0.2, 0) is 0 Å². The van der Waals surface area contributed by atoms with Crippen LogP contribution in [0.25, 0.3) is 0 Å². The molecule has 5 N–H and O–H groups in total. The van der Waals surface area contributed by atoms with Crippen LogP contribution >= 0.6 is 11.6 Å². The van der Waals surface area contributed by atoms with Crippen LogP contribution in [0.4, 0.5) is 10.5 Å². The topological polar surface area (TPSA) is 117 Å². The molecule has 3 heterocycles. The van der Waals surface area contributed by atoms with Crippen molar-refractivity contribution >= 4 is 29.2 Å². The molecule has 3 aliphatic heterocycles. The van der Waals surface area contributed by atoms with Gasteiger partial charge in [-0.05, 0) is 44.1 Å². The number of nitrogens with zero attached hydrogens (tertiary/aromatic N) is 3. The second-order valence-corrected chi connectivity index (χ2v) is 10.2. The first-order valence-electron chi connectivity index (χ1n) is 12.3. The number of anilines is 1. The molecule has 3 amide bonds. The number of urea groups is 1. The van der Waals surface area contributed by atoms with E-state index in [0.29, 0.717) is 34.5 Å². The minimum atomic E-state index is -0.187. The van der Waals surface area contributed by atoms with Gasteiger partial charge in [0.05, 0.1) is 23.4 Å². The van der Waals surface area contributed by atoms with Crippen molar-refractivity contribution in [2.45, 2.75) is 44.2 Å². The Kier molecular flexibility index (Phi) is 8.06. The Bertz CT molecular complexity index is 884. The normalized spacial score (nSPS) is 22.7. The number of likely N-dealkylation sites (tertiary alicyclic amines) is 3. The summed E-state index contributed by atoms with van der Waals surface area (Å²) in [5.74, 6) is 0.847. The molecule has 1 unspecified atom stereocenters. The summed E-state index contributed by atoms with van der Waals surface area (Å²) in [5.41, 5.74) is 12.6. The van der Waals surface area contributed by atoms with Gasteiger partial charge in [-0.2, -0.15) is 0 Å². The second-order valence-electron chi connectivity index (χ2n) is 9.83. The van der Waals surface area contributed by atoms with Crippen molar-refractivity contribution in [2.75, 3.05) is 58.7 Å². The zero-order valence-electron chi connectivity index (χ0n) is 20.0. The van der Waals surface area contributed by atoms with Gasteiger partial charge in [-0.1, -0.05) is 11.6 Å². The summed E-state index contributed by atoms with van der Waals surface area (Å²) in [7, 11) is 1.51. The molecule has 0 spiro atoms. The molecule has 9 nitrogen and oxygen atoms in total. The molecule has 4 rings (SSSR count). The zero-order chi connectivity index (χ0) is 24.2. The van der Waals surface area contributed by atoms with E-state index in [-0.39, 0.29) is 24.0 Å². The highest BCUT2D eigenvalue weighted by molar-refractivity contribution is 6.33. The Morgan fingerprint density at radius 1 is 1.06 bits per heavy atom. The summed E-state index contributed by atoms with van der Waals surface area (Å²) in [6, 6.07) is 3.55. The number of amides is 3. The molecule has 188 valence electrons. The van der Waals surface area contributed by atoms with Gasteiger partial charge in [0, 0.05) is 64.0 Å². The summed E-state index contributed by atoms with van der Waals surface area (Å²) in [4.78, 5) is 31.9. The Balaban J connectivity index is 1.19. The molecule has 10 heteroatoms. The summed E-state index contributed by atoms with van der Waals surface area (Å²) in [6.07, 6.45) is 4.80. The van der Waals surface area contributed by atoms with Crippen LogP contribution in [0.1, 0.15) is 42.5 Å². The average Bonchev–Trinajstić information content (AvgIpc) is 3.28. The number of rotatable bonds is 5. The van der Waals surface area contributed by atoms with Crippen LogP contribution in [0.5, 0.6) is 5.75 Å². The maximum absolute atomic E-state index is 12.8. The number of benzene rings is 1. The van der Waals surface area contributed by atoms with E-state index in [1.165, 1.54) is 7.11 Å². The number of piperidine rings is 2. The summed E-state index contributed by atoms with van der Waals surface area (Å²) in [5, 5.41) is 3.47. The Labute approximate surface area is 206 Å². The Morgan fingerprint density at radius 3 is 2.35 bits per heavy atom. The van der Waals surface area contributed by atoms with Crippen molar-refractivity contribution in [1.82, 2.24) is 20.0 Å². The third kappa shape index (κ3) is 5.87. The highest BCUT2D eigenvalue weighted by Crippen LogP contribution is 2.29. The highest BCUT2D eigenvalue weighted by Gasteiger charge is 2.31. The van der Waals surface area contributed by atoms with E-state index < -0.39 is 0 Å². The van der Waals surface area contributed by atoms with Crippen molar-refractivity contribution in [2.24, 2.45) is 11.7 Å². The van der Waals surface area contributed by atoms with E-state index in [2.05, 4.69) is 10.2 Å². The number of ether oxygens (including phenoxy) is 1. The molecule has 1 aromatic rings. The van der Waals surface area contributed by atoms with Crippen LogP contribution in [0.15, 0.2) is 12.1 Å². The van der Waals surface area contributed by atoms with Gasteiger partial charge < -0.3 is 36.2 Å². The van der Waals surface area contributed by atoms with Gasteiger partial charge in [0.1, 0.15) is 5.75 Å². The van der Waals surface area contributed by atoms with E-state index in [9.17, 15) is 9.59 Å². The first kappa shape index (κ1) is 24.9. The number of nitrogens with two attached hydrogens (primary N) is 2. The van der Waals surface area contributed by atoms with Crippen LogP contribution in [0.2, 0.25) is 5.02 Å². The first-order chi connectivity index (χ1) is 16.3. The largest absolute Gasteiger partial charge is 0.496 e. The van der Waals surface area contributed by atoms with Crippen molar-refractivity contribution in [3.8, 4) is 5.75 Å². The SMILES string of the molecule is COc1cc(N)c(Cl)cc1C(=O)NC1CCN(CC2CCN(C(=O)N3CCC(N)C3)CC2)CC1. The lowest BCUT2D eigenvalue weighted by Crippen LogP contribution is -2.49. The van der Waals surface area contributed by atoms with Crippen LogP contribution in [0.3, 0.4) is 0 Å². The van der Waals surface area contributed by atoms with E-state index in [0.717, 1.165) is 71.4 Å². The lowest BCUT2D eigenvalue weighted by atomic mass is 9.94. The third-order valence-corrected chi connectivity index (χ3v) is 7.71. The third-order valence-electron chi connectivity index (χ3n) is 7.38. The molecule has 0 bridgehead atoms. The predicted molar refractivity (Wildman–Crippen MR) is 133 cm³/mol. The van der Waals surface area contributed by atoms with Gasteiger partial charge in [0.25, 0.3) is 5.91 Å². The quantitative estimate of drug-likeness (QED) is 0.541. The fraction of sp³-hybridized carbons (Fsp3) is 0.667. The lowest BCUT2D eigenvalue weighted by Gasteiger charge is -2.38. The van der Waals surface area contributed by atoms with Gasteiger partial charge >= 0.3 is 6.03 Å². The summed E-state index contributed by atoms with van der Waals surface area (Å²) < 4.78 is 5.31. The van der Waals surface area contributed by atoms with E-state index in [1.807, 2.05) is 9.80 Å². The fourth-order valence-corrected chi connectivity index (χ4v) is 5.44. The van der Waals surface area contributed by atoms with Crippen molar-refractivity contribution < 1.29 is 14.3 Å². The van der Waals surface area contributed by atoms with E-state index >= 15 is 0 Å². The van der Waals surface area contributed by atoms with Crippen LogP contribution in [0, 0.1) is 5.92 Å². The number of carbonyl (C=O) groups excluding carboxylic acids is 2. The van der Waals surface area contributed by atoms with E-state index in [1.54, 1.807) is 12.1 Å². The van der Waals surface area contributed by atoms with Gasteiger partial charge in [0.15, 0.2) is 0 Å². The van der Waals surface area contributed by atoms with Crippen molar-refractivity contribution in [1.29, 1.82) is 0 Å². The number of carbonyl (C=O) groups is 2. The van der Waals surface area contributed by atoms with Gasteiger partial charge in [-0.15, -0.1) is 0 Å². The maximum atomic E-state index is 12.8. The Morgan fingerprint density at radius 2 is 1.74 bits per heavy atom. The molecule has 3 aliphatic rings. The van der Waals surface area contributed by atoms with Crippen LogP contribution < -0.4 is 21.5 Å². The number of nitrogens with one attached hydrogen (secondary N) is 1. The lowest BCUT2D eigenvalue weighted by molar-refractivity contribution is 0.0886. The number of halogens is 1. The van der Waals surface area contributed by atoms with Gasteiger partial charge in [-0.3, -0.25) is 4.79 Å². The zero-order valence-corrected chi connectivity index (χ0v) is 20.7. The molecule has 1 aromatic carbocycles. The molecular weight excluding hydrogens is 456 g/mol. The minimum absolute atomic E-state index is 0.121. The Hall–Kier alpha value is -2.23. The molecular formula is C24H37ClN6O3. The molecule has 3 saturated heterocycles. The summed E-state index contributed by atoms with van der Waals surface area (Å²) in [6.45, 7) is 6.08. The standard InChI is InChI=1S/C24H37ClN6O3/c1-34-22-13-21(27)20(25)12-19(22)23(32)28-18-5-7-29(8-6-18)14-16-2-9-30(10-3-16)24(33)31-11-4-17(26)15-31/h12-13,16-18H,2-11,14-15,26-27H2,1H3,(H,28,32). The molecule has 0 aromatic heterocycles. The van der Waals surface area contributed by atoms with E-state index in [4.69, 9.17) is 27.8 Å². The number of hydrogen-bond donors (Lipinski definition) is 3.